The van der Waals surface area contributed by atoms with E-state index in [4.69, 9.17) is 16.3 Å². The highest BCUT2D eigenvalue weighted by Crippen LogP contribution is 2.62. The van der Waals surface area contributed by atoms with Gasteiger partial charge in [-0.3, -0.25) is 0 Å². The van der Waals surface area contributed by atoms with Gasteiger partial charge in [-0.2, -0.15) is 5.26 Å². The van der Waals surface area contributed by atoms with E-state index < -0.39 is 26.4 Å². The second kappa shape index (κ2) is 6.17. The first-order chi connectivity index (χ1) is 11.9. The zero-order valence-electron chi connectivity index (χ0n) is 13.2. The molecule has 0 N–H and O–H groups in total. The van der Waals surface area contributed by atoms with Crippen molar-refractivity contribution in [3.63, 3.8) is 0 Å². The first-order valence-electron chi connectivity index (χ1n) is 7.41. The molecule has 2 aromatic rings. The molecule has 3 atom stereocenters. The van der Waals surface area contributed by atoms with Gasteiger partial charge in [0.05, 0.1) is 18.1 Å². The highest BCUT2D eigenvalue weighted by atomic mass is 35.5. The van der Waals surface area contributed by atoms with E-state index in [2.05, 4.69) is 0 Å². The lowest BCUT2D eigenvalue weighted by Crippen LogP contribution is -2.16. The largest absolute Gasteiger partial charge is 0.497 e. The second-order valence-electron chi connectivity index (χ2n) is 5.83. The number of nitrogens with zero attached hydrogens (tertiary/aromatic N) is 1. The summed E-state index contributed by atoms with van der Waals surface area (Å²) in [7, 11) is -2.35. The number of methoxy groups -OCH3 is 1. The molecule has 7 heteroatoms. The first-order valence-corrected chi connectivity index (χ1v) is 9.34. The summed E-state index contributed by atoms with van der Waals surface area (Å²) in [6.07, 6.45) is 0.444. The van der Waals surface area contributed by atoms with E-state index in [0.29, 0.717) is 22.6 Å². The third-order valence-electron chi connectivity index (χ3n) is 4.52. The summed E-state index contributed by atoms with van der Waals surface area (Å²) in [6.45, 7) is 0. The summed E-state index contributed by atoms with van der Waals surface area (Å²) >= 11 is 5.81. The lowest BCUT2D eigenvalue weighted by Gasteiger charge is -2.05. The van der Waals surface area contributed by atoms with Crippen LogP contribution in [0.2, 0.25) is 5.02 Å². The summed E-state index contributed by atoms with van der Waals surface area (Å²) in [5, 5.41) is 8.80. The van der Waals surface area contributed by atoms with Gasteiger partial charge in [0.25, 0.3) is 0 Å². The molecule has 128 valence electrons. The van der Waals surface area contributed by atoms with Gasteiger partial charge in [-0.25, -0.2) is 8.42 Å². The normalized spacial score (nSPS) is 25.0. The third kappa shape index (κ3) is 2.70. The van der Waals surface area contributed by atoms with Crippen LogP contribution >= 0.6 is 11.6 Å². The number of halogens is 1. The van der Waals surface area contributed by atoms with Crippen molar-refractivity contribution in [3.05, 3.63) is 59.1 Å². The smallest absolute Gasteiger partial charge is 0.183 e. The van der Waals surface area contributed by atoms with Crippen molar-refractivity contribution in [2.24, 2.45) is 5.41 Å². The molecule has 0 heterocycles. The summed E-state index contributed by atoms with van der Waals surface area (Å²) in [5.41, 5.74) is -0.982. The Hall–Kier alpha value is -2.36. The Morgan fingerprint density at radius 2 is 1.76 bits per heavy atom. The number of carbonyl (C=O) groups is 1. The van der Waals surface area contributed by atoms with Crippen molar-refractivity contribution >= 4 is 27.7 Å². The van der Waals surface area contributed by atoms with Crippen molar-refractivity contribution in [3.8, 4) is 11.8 Å². The average molecular weight is 376 g/mol. The molecule has 25 heavy (non-hydrogen) atoms. The van der Waals surface area contributed by atoms with Crippen LogP contribution in [0, 0.1) is 16.7 Å². The monoisotopic (exact) mass is 375 g/mol. The number of hydrogen-bond donors (Lipinski definition) is 0. The Morgan fingerprint density at radius 1 is 1.16 bits per heavy atom. The van der Waals surface area contributed by atoms with E-state index in [0.717, 1.165) is 0 Å². The van der Waals surface area contributed by atoms with E-state index in [9.17, 15) is 18.5 Å². The van der Waals surface area contributed by atoms with Crippen LogP contribution in [-0.4, -0.2) is 27.1 Å². The molecule has 1 aliphatic rings. The third-order valence-corrected chi connectivity index (χ3v) is 7.03. The zero-order chi connectivity index (χ0) is 18.2. The molecule has 5 nitrogen and oxygen atoms in total. The van der Waals surface area contributed by atoms with Gasteiger partial charge in [-0.05, 0) is 42.0 Å². The lowest BCUT2D eigenvalue weighted by molar-refractivity contribution is -0.110. The van der Waals surface area contributed by atoms with E-state index in [1.54, 1.807) is 24.3 Å². The molecule has 0 unspecified atom stereocenters. The van der Waals surface area contributed by atoms with Crippen LogP contribution in [0.15, 0.2) is 53.4 Å². The summed E-state index contributed by atoms with van der Waals surface area (Å²) < 4.78 is 31.0. The van der Waals surface area contributed by atoms with Crippen LogP contribution in [0.3, 0.4) is 0 Å². The highest BCUT2D eigenvalue weighted by Gasteiger charge is 2.72. The van der Waals surface area contributed by atoms with Crippen molar-refractivity contribution in [2.75, 3.05) is 7.11 Å². The molecule has 0 aliphatic heterocycles. The minimum absolute atomic E-state index is 0.0411. The van der Waals surface area contributed by atoms with E-state index in [1.165, 1.54) is 31.4 Å². The standard InChI is InChI=1S/C18H14ClNO4S/c1-24-14-6-2-12(3-7-14)16-17(18(16,10-20)11-21)25(22,23)15-8-4-13(19)5-9-15/h2-9,11,16-17H,1H3/t16-,17+,18-/m1/s1. The number of aldehydes is 1. The molecule has 0 aromatic heterocycles. The number of sulfone groups is 1. The predicted molar refractivity (Wildman–Crippen MR) is 92.3 cm³/mol. The summed E-state index contributed by atoms with van der Waals surface area (Å²) in [4.78, 5) is 11.7. The topological polar surface area (TPSA) is 84.2 Å². The number of rotatable bonds is 5. The maximum absolute atomic E-state index is 13.0. The fraction of sp³-hybridized carbons (Fsp3) is 0.222. The summed E-state index contributed by atoms with van der Waals surface area (Å²) in [5.74, 6) is -0.114. The van der Waals surface area contributed by atoms with E-state index in [-0.39, 0.29) is 4.90 Å². The Kier molecular flexibility index (Phi) is 4.31. The summed E-state index contributed by atoms with van der Waals surface area (Å²) in [6, 6.07) is 14.3. The molecule has 0 spiro atoms. The van der Waals surface area contributed by atoms with Gasteiger partial charge in [0.1, 0.15) is 22.7 Å². The van der Waals surface area contributed by atoms with Crippen molar-refractivity contribution < 1.29 is 17.9 Å². The minimum atomic E-state index is -3.87. The fourth-order valence-electron chi connectivity index (χ4n) is 3.14. The van der Waals surface area contributed by atoms with Gasteiger partial charge >= 0.3 is 0 Å². The SMILES string of the molecule is COc1ccc([C@@H]2[C@H](S(=O)(=O)c3ccc(Cl)cc3)[C@]2(C#N)C=O)cc1. The van der Waals surface area contributed by atoms with Gasteiger partial charge < -0.3 is 9.53 Å². The van der Waals surface area contributed by atoms with Crippen LogP contribution in [0.1, 0.15) is 11.5 Å². The molecule has 0 bridgehead atoms. The van der Waals surface area contributed by atoms with Crippen molar-refractivity contribution in [2.45, 2.75) is 16.1 Å². The molecule has 0 radical (unpaired) electrons. The molecule has 2 aromatic carbocycles. The molecular formula is C18H14ClNO4S. The molecule has 0 saturated heterocycles. The average Bonchev–Trinajstić information content (AvgIpc) is 3.33. The first kappa shape index (κ1) is 17.5. The predicted octanol–water partition coefficient (Wildman–Crippen LogP) is 3.00. The number of benzene rings is 2. The van der Waals surface area contributed by atoms with E-state index in [1.807, 2.05) is 6.07 Å². The number of carbonyl (C=O) groups excluding carboxylic acids is 1. The Labute approximate surface area is 150 Å². The molecule has 1 fully saturated rings. The fourth-order valence-corrected chi connectivity index (χ4v) is 5.51. The van der Waals surface area contributed by atoms with Gasteiger partial charge in [0.15, 0.2) is 9.84 Å². The van der Waals surface area contributed by atoms with Crippen LogP contribution in [0.4, 0.5) is 0 Å². The number of nitriles is 1. The Morgan fingerprint density at radius 3 is 2.24 bits per heavy atom. The second-order valence-corrected chi connectivity index (χ2v) is 8.34. The minimum Gasteiger partial charge on any atom is -0.497 e. The zero-order valence-corrected chi connectivity index (χ0v) is 14.8. The van der Waals surface area contributed by atoms with E-state index >= 15 is 0 Å². The van der Waals surface area contributed by atoms with Crippen molar-refractivity contribution in [1.29, 1.82) is 5.26 Å². The highest BCUT2D eigenvalue weighted by molar-refractivity contribution is 7.92. The van der Waals surface area contributed by atoms with Crippen molar-refractivity contribution in [1.82, 2.24) is 0 Å². The quantitative estimate of drug-likeness (QED) is 0.750. The van der Waals surface area contributed by atoms with Gasteiger partial charge in [-0.1, -0.05) is 23.7 Å². The number of ether oxygens (including phenoxy) is 1. The van der Waals surface area contributed by atoms with Gasteiger partial charge in [0, 0.05) is 10.9 Å². The molecule has 0 amide bonds. The molecule has 3 rings (SSSR count). The Balaban J connectivity index is 2.05. The molecular weight excluding hydrogens is 362 g/mol. The van der Waals surface area contributed by atoms with Gasteiger partial charge in [-0.15, -0.1) is 0 Å². The van der Waals surface area contributed by atoms with Gasteiger partial charge in [0.2, 0.25) is 0 Å². The van der Waals surface area contributed by atoms with Crippen LogP contribution in [0.5, 0.6) is 5.75 Å². The van der Waals surface area contributed by atoms with Crippen LogP contribution in [-0.2, 0) is 14.6 Å². The number of hydrogen-bond acceptors (Lipinski definition) is 5. The molecule has 1 aliphatic carbocycles. The lowest BCUT2D eigenvalue weighted by atomic mass is 10.0. The molecule has 1 saturated carbocycles. The maximum atomic E-state index is 13.0. The Bertz CT molecular complexity index is 948. The maximum Gasteiger partial charge on any atom is 0.183 e. The van der Waals surface area contributed by atoms with Crippen LogP contribution < -0.4 is 4.74 Å². The van der Waals surface area contributed by atoms with Crippen LogP contribution in [0.25, 0.3) is 0 Å².